The van der Waals surface area contributed by atoms with Crippen molar-refractivity contribution < 1.29 is 13.9 Å². The van der Waals surface area contributed by atoms with Gasteiger partial charge < -0.3 is 9.15 Å². The molecule has 0 saturated heterocycles. The number of nitrogens with one attached hydrogen (secondary N) is 1. The maximum atomic E-state index is 12.5. The summed E-state index contributed by atoms with van der Waals surface area (Å²) in [7, 11) is 1.57. The topological polar surface area (TPSA) is 77.2 Å². The Morgan fingerprint density at radius 2 is 1.92 bits per heavy atom. The second-order valence-electron chi connectivity index (χ2n) is 5.00. The Labute approximate surface area is 149 Å². The van der Waals surface area contributed by atoms with Gasteiger partial charge in [0.05, 0.1) is 18.2 Å². The second kappa shape index (κ2) is 7.85. The third kappa shape index (κ3) is 3.83. The molecule has 6 nitrogen and oxygen atoms in total. The van der Waals surface area contributed by atoms with E-state index in [0.717, 1.165) is 10.6 Å². The number of ether oxygens (including phenoxy) is 1. The predicted octanol–water partition coefficient (Wildman–Crippen LogP) is 4.11. The summed E-state index contributed by atoms with van der Waals surface area (Å²) in [5, 5.41) is 10.5. The molecule has 0 aliphatic carbocycles. The molecule has 0 aliphatic rings. The molecule has 3 rings (SSSR count). The van der Waals surface area contributed by atoms with Crippen LogP contribution < -0.4 is 10.1 Å². The van der Waals surface area contributed by atoms with Gasteiger partial charge in [0.2, 0.25) is 0 Å². The molecule has 0 bridgehead atoms. The lowest BCUT2D eigenvalue weighted by atomic mass is 10.2. The SMILES string of the molecule is CCSc1ccccc1C(=O)Nc1nnc(-c2ccccc2OC)o1. The molecule has 0 aliphatic heterocycles. The quantitative estimate of drug-likeness (QED) is 0.671. The highest BCUT2D eigenvalue weighted by Crippen LogP contribution is 2.29. The van der Waals surface area contributed by atoms with E-state index < -0.39 is 0 Å². The Bertz CT molecular complexity index is 879. The monoisotopic (exact) mass is 355 g/mol. The predicted molar refractivity (Wildman–Crippen MR) is 97.1 cm³/mol. The van der Waals surface area contributed by atoms with Gasteiger partial charge in [-0.1, -0.05) is 36.3 Å². The lowest BCUT2D eigenvalue weighted by Gasteiger charge is -2.06. The lowest BCUT2D eigenvalue weighted by molar-refractivity contribution is 0.102. The summed E-state index contributed by atoms with van der Waals surface area (Å²) in [6, 6.07) is 14.8. The number of thioether (sulfide) groups is 1. The molecule has 0 radical (unpaired) electrons. The van der Waals surface area contributed by atoms with Crippen LogP contribution in [0.25, 0.3) is 11.5 Å². The standard InChI is InChI=1S/C18H17N3O3S/c1-3-25-15-11-7-5-9-13(15)16(22)19-18-21-20-17(24-18)12-8-4-6-10-14(12)23-2/h4-11H,3H2,1-2H3,(H,19,21,22). The van der Waals surface area contributed by atoms with Gasteiger partial charge in [-0.15, -0.1) is 16.9 Å². The van der Waals surface area contributed by atoms with Crippen molar-refractivity contribution in [1.82, 2.24) is 10.2 Å². The summed E-state index contributed by atoms with van der Waals surface area (Å²) in [5.74, 6) is 1.49. The maximum absolute atomic E-state index is 12.5. The fourth-order valence-corrected chi connectivity index (χ4v) is 3.11. The summed E-state index contributed by atoms with van der Waals surface area (Å²) in [6.07, 6.45) is 0. The Balaban J connectivity index is 1.81. The number of amides is 1. The summed E-state index contributed by atoms with van der Waals surface area (Å²) in [6.45, 7) is 2.04. The average molecular weight is 355 g/mol. The van der Waals surface area contributed by atoms with E-state index >= 15 is 0 Å². The van der Waals surface area contributed by atoms with E-state index in [1.165, 1.54) is 0 Å². The van der Waals surface area contributed by atoms with E-state index in [0.29, 0.717) is 16.9 Å². The number of nitrogens with zero attached hydrogens (tertiary/aromatic N) is 2. The van der Waals surface area contributed by atoms with Crippen LogP contribution in [-0.2, 0) is 0 Å². The van der Waals surface area contributed by atoms with Crippen LogP contribution in [0, 0.1) is 0 Å². The Hall–Kier alpha value is -2.80. The lowest BCUT2D eigenvalue weighted by Crippen LogP contribution is -2.13. The van der Waals surface area contributed by atoms with E-state index in [4.69, 9.17) is 9.15 Å². The Morgan fingerprint density at radius 3 is 2.72 bits per heavy atom. The van der Waals surface area contributed by atoms with Crippen LogP contribution in [0.4, 0.5) is 6.01 Å². The molecule has 1 heterocycles. The van der Waals surface area contributed by atoms with Gasteiger partial charge in [0, 0.05) is 4.90 Å². The molecule has 1 aromatic heterocycles. The van der Waals surface area contributed by atoms with Crippen LogP contribution >= 0.6 is 11.8 Å². The van der Waals surface area contributed by atoms with E-state index in [-0.39, 0.29) is 17.8 Å². The van der Waals surface area contributed by atoms with E-state index in [1.54, 1.807) is 31.0 Å². The van der Waals surface area contributed by atoms with Crippen molar-refractivity contribution in [2.75, 3.05) is 18.2 Å². The van der Waals surface area contributed by atoms with Crippen molar-refractivity contribution in [1.29, 1.82) is 0 Å². The molecular weight excluding hydrogens is 338 g/mol. The van der Waals surface area contributed by atoms with Crippen LogP contribution in [0.5, 0.6) is 5.75 Å². The molecule has 0 spiro atoms. The minimum absolute atomic E-state index is 0.0437. The van der Waals surface area contributed by atoms with E-state index in [1.807, 2.05) is 43.3 Å². The van der Waals surface area contributed by atoms with Crippen molar-refractivity contribution in [3.05, 3.63) is 54.1 Å². The fraction of sp³-hybridized carbons (Fsp3) is 0.167. The number of methoxy groups -OCH3 is 1. The molecule has 1 N–H and O–H groups in total. The van der Waals surface area contributed by atoms with Gasteiger partial charge in [0.15, 0.2) is 0 Å². The van der Waals surface area contributed by atoms with Crippen molar-refractivity contribution in [2.24, 2.45) is 0 Å². The van der Waals surface area contributed by atoms with Gasteiger partial charge >= 0.3 is 6.01 Å². The number of carbonyl (C=O) groups excluding carboxylic acids is 1. The normalized spacial score (nSPS) is 10.5. The van der Waals surface area contributed by atoms with Crippen molar-refractivity contribution >= 4 is 23.7 Å². The third-order valence-electron chi connectivity index (χ3n) is 3.41. The van der Waals surface area contributed by atoms with Gasteiger partial charge in [-0.3, -0.25) is 10.1 Å². The first-order valence-corrected chi connectivity index (χ1v) is 8.71. The van der Waals surface area contributed by atoms with Crippen LogP contribution in [0.3, 0.4) is 0 Å². The third-order valence-corrected chi connectivity index (χ3v) is 4.37. The fourth-order valence-electron chi connectivity index (χ4n) is 2.30. The largest absolute Gasteiger partial charge is 0.496 e. The number of carbonyl (C=O) groups is 1. The van der Waals surface area contributed by atoms with Gasteiger partial charge in [0.1, 0.15) is 5.75 Å². The number of hydrogen-bond acceptors (Lipinski definition) is 6. The maximum Gasteiger partial charge on any atom is 0.322 e. The molecule has 0 fully saturated rings. The van der Waals surface area contributed by atoms with Crippen LogP contribution in [0.1, 0.15) is 17.3 Å². The van der Waals surface area contributed by atoms with Gasteiger partial charge in [-0.05, 0) is 30.0 Å². The molecule has 25 heavy (non-hydrogen) atoms. The summed E-state index contributed by atoms with van der Waals surface area (Å²) in [5.41, 5.74) is 1.24. The molecule has 1 amide bonds. The minimum atomic E-state index is -0.285. The zero-order valence-corrected chi connectivity index (χ0v) is 14.7. The van der Waals surface area contributed by atoms with Gasteiger partial charge in [0.25, 0.3) is 11.8 Å². The summed E-state index contributed by atoms with van der Waals surface area (Å²) in [4.78, 5) is 13.4. The summed E-state index contributed by atoms with van der Waals surface area (Å²) < 4.78 is 10.8. The molecule has 7 heteroatoms. The van der Waals surface area contributed by atoms with Gasteiger partial charge in [-0.2, -0.15) is 0 Å². The smallest absolute Gasteiger partial charge is 0.322 e. The van der Waals surface area contributed by atoms with E-state index in [9.17, 15) is 4.79 Å². The highest BCUT2D eigenvalue weighted by Gasteiger charge is 2.17. The van der Waals surface area contributed by atoms with Crippen molar-refractivity contribution in [2.45, 2.75) is 11.8 Å². The first-order valence-electron chi connectivity index (χ1n) is 7.73. The number of benzene rings is 2. The van der Waals surface area contributed by atoms with Crippen LogP contribution in [-0.4, -0.2) is 29.0 Å². The first-order chi connectivity index (χ1) is 12.2. The van der Waals surface area contributed by atoms with Gasteiger partial charge in [-0.25, -0.2) is 0 Å². The molecule has 0 saturated carbocycles. The molecule has 0 unspecified atom stereocenters. The molecular formula is C18H17N3O3S. The minimum Gasteiger partial charge on any atom is -0.496 e. The Morgan fingerprint density at radius 1 is 1.16 bits per heavy atom. The highest BCUT2D eigenvalue weighted by atomic mass is 32.2. The number of para-hydroxylation sites is 1. The zero-order valence-electron chi connectivity index (χ0n) is 13.9. The number of rotatable bonds is 6. The van der Waals surface area contributed by atoms with Crippen molar-refractivity contribution in [3.8, 4) is 17.2 Å². The molecule has 3 aromatic rings. The Kier molecular flexibility index (Phi) is 5.35. The number of aromatic nitrogens is 2. The van der Waals surface area contributed by atoms with Crippen molar-refractivity contribution in [3.63, 3.8) is 0 Å². The highest BCUT2D eigenvalue weighted by molar-refractivity contribution is 7.99. The zero-order chi connectivity index (χ0) is 17.6. The first kappa shape index (κ1) is 17.0. The number of hydrogen-bond donors (Lipinski definition) is 1. The molecule has 0 atom stereocenters. The molecule has 128 valence electrons. The summed E-state index contributed by atoms with van der Waals surface area (Å²) >= 11 is 1.60. The molecule has 2 aromatic carbocycles. The van der Waals surface area contributed by atoms with Crippen LogP contribution in [0.2, 0.25) is 0 Å². The average Bonchev–Trinajstić information content (AvgIpc) is 3.10. The van der Waals surface area contributed by atoms with E-state index in [2.05, 4.69) is 15.5 Å². The number of anilines is 1. The second-order valence-corrected chi connectivity index (χ2v) is 6.30. The van der Waals surface area contributed by atoms with Crippen LogP contribution in [0.15, 0.2) is 57.8 Å².